The molecular formula is C25H28N4O5S. The zero-order valence-electron chi connectivity index (χ0n) is 19.5. The van der Waals surface area contributed by atoms with Crippen molar-refractivity contribution in [2.45, 2.75) is 49.5 Å². The highest BCUT2D eigenvalue weighted by Crippen LogP contribution is 2.32. The Morgan fingerprint density at radius 3 is 2.40 bits per heavy atom. The van der Waals surface area contributed by atoms with Crippen molar-refractivity contribution in [3.05, 3.63) is 59.2 Å². The van der Waals surface area contributed by atoms with Crippen molar-refractivity contribution in [1.82, 2.24) is 14.5 Å². The molecule has 2 N–H and O–H groups in total. The van der Waals surface area contributed by atoms with Gasteiger partial charge >= 0.3 is 6.03 Å². The molecular weight excluding hydrogens is 468 g/mol. The van der Waals surface area contributed by atoms with E-state index in [0.29, 0.717) is 24.3 Å². The van der Waals surface area contributed by atoms with E-state index in [-0.39, 0.29) is 4.90 Å². The van der Waals surface area contributed by atoms with E-state index in [0.717, 1.165) is 37.0 Å². The molecule has 2 heterocycles. The summed E-state index contributed by atoms with van der Waals surface area (Å²) in [6.07, 6.45) is 4.74. The van der Waals surface area contributed by atoms with Crippen molar-refractivity contribution in [3.8, 4) is 0 Å². The van der Waals surface area contributed by atoms with Gasteiger partial charge in [0.25, 0.3) is 5.91 Å². The van der Waals surface area contributed by atoms with E-state index in [4.69, 9.17) is 0 Å². The van der Waals surface area contributed by atoms with E-state index in [2.05, 4.69) is 10.6 Å². The first kappa shape index (κ1) is 23.5. The molecule has 35 heavy (non-hydrogen) atoms. The predicted octanol–water partition coefficient (Wildman–Crippen LogP) is 2.37. The average molecular weight is 497 g/mol. The Hall–Kier alpha value is -3.24. The smallest absolute Gasteiger partial charge is 0.325 e. The molecule has 184 valence electrons. The monoisotopic (exact) mass is 496 g/mol. The molecule has 0 saturated carbocycles. The lowest BCUT2D eigenvalue weighted by Gasteiger charge is -2.23. The number of imide groups is 1. The molecule has 0 spiro atoms. The first-order chi connectivity index (χ1) is 16.7. The number of amides is 4. The van der Waals surface area contributed by atoms with Gasteiger partial charge in [0.2, 0.25) is 15.9 Å². The molecule has 2 fully saturated rings. The first-order valence-corrected chi connectivity index (χ1v) is 13.3. The highest BCUT2D eigenvalue weighted by Gasteiger charge is 2.49. The lowest BCUT2D eigenvalue weighted by atomic mass is 9.89. The van der Waals surface area contributed by atoms with Gasteiger partial charge in [0.15, 0.2) is 0 Å². The number of hydrogen-bond acceptors (Lipinski definition) is 5. The van der Waals surface area contributed by atoms with Gasteiger partial charge in [0, 0.05) is 18.8 Å². The Kier molecular flexibility index (Phi) is 5.88. The molecule has 10 heteroatoms. The maximum atomic E-state index is 13.2. The standard InChI is InChI=1S/C25H28N4O5S/c1-25(19-8-7-17-5-4-6-18(17)15-19)23(31)29(24(32)27-25)16-22(30)26-20-9-11-21(12-10-20)35(33,34)28-13-2-3-14-28/h7-12,15H,2-6,13-14,16H2,1H3,(H,26,30)(H,27,32)/t25-/m0/s1. The summed E-state index contributed by atoms with van der Waals surface area (Å²) >= 11 is 0. The number of urea groups is 1. The summed E-state index contributed by atoms with van der Waals surface area (Å²) in [5, 5.41) is 5.38. The second-order valence-electron chi connectivity index (χ2n) is 9.47. The van der Waals surface area contributed by atoms with Crippen LogP contribution in [0.3, 0.4) is 0 Å². The van der Waals surface area contributed by atoms with Crippen LogP contribution in [0.25, 0.3) is 0 Å². The Labute approximate surface area is 204 Å². The van der Waals surface area contributed by atoms with Gasteiger partial charge in [-0.25, -0.2) is 13.2 Å². The maximum Gasteiger partial charge on any atom is 0.325 e. The summed E-state index contributed by atoms with van der Waals surface area (Å²) in [6.45, 7) is 2.23. The van der Waals surface area contributed by atoms with Gasteiger partial charge in [0.1, 0.15) is 12.1 Å². The van der Waals surface area contributed by atoms with Crippen LogP contribution in [0.2, 0.25) is 0 Å². The summed E-state index contributed by atoms with van der Waals surface area (Å²) in [5.74, 6) is -1.04. The van der Waals surface area contributed by atoms with Crippen LogP contribution in [-0.4, -0.2) is 55.1 Å². The molecule has 1 atom stereocenters. The molecule has 1 aliphatic carbocycles. The number of aryl methyl sites for hydroxylation is 2. The van der Waals surface area contributed by atoms with Crippen LogP contribution < -0.4 is 10.6 Å². The second kappa shape index (κ2) is 8.76. The molecule has 4 amide bonds. The van der Waals surface area contributed by atoms with E-state index in [1.165, 1.54) is 39.7 Å². The van der Waals surface area contributed by atoms with E-state index >= 15 is 0 Å². The van der Waals surface area contributed by atoms with Crippen LogP contribution in [0.15, 0.2) is 47.4 Å². The number of fused-ring (bicyclic) bond motifs is 1. The second-order valence-corrected chi connectivity index (χ2v) is 11.4. The van der Waals surface area contributed by atoms with Crippen molar-refractivity contribution in [2.75, 3.05) is 25.0 Å². The summed E-state index contributed by atoms with van der Waals surface area (Å²) in [7, 11) is -3.55. The molecule has 5 rings (SSSR count). The number of carbonyl (C=O) groups excluding carboxylic acids is 3. The third kappa shape index (κ3) is 4.21. The van der Waals surface area contributed by atoms with Gasteiger partial charge in [-0.05, 0) is 80.0 Å². The van der Waals surface area contributed by atoms with E-state index in [1.807, 2.05) is 18.2 Å². The van der Waals surface area contributed by atoms with Gasteiger partial charge in [-0.1, -0.05) is 18.2 Å². The summed E-state index contributed by atoms with van der Waals surface area (Å²) < 4.78 is 26.8. The number of rotatable bonds is 6. The zero-order chi connectivity index (χ0) is 24.8. The topological polar surface area (TPSA) is 116 Å². The molecule has 0 radical (unpaired) electrons. The van der Waals surface area contributed by atoms with Crippen LogP contribution in [-0.2, 0) is 38.0 Å². The molecule has 0 bridgehead atoms. The largest absolute Gasteiger partial charge is 0.325 e. The highest BCUT2D eigenvalue weighted by molar-refractivity contribution is 7.89. The molecule has 0 unspecified atom stereocenters. The molecule has 2 aromatic rings. The summed E-state index contributed by atoms with van der Waals surface area (Å²) in [4.78, 5) is 39.5. The Balaban J connectivity index is 1.25. The Bertz CT molecular complexity index is 1300. The Morgan fingerprint density at radius 1 is 1.00 bits per heavy atom. The zero-order valence-corrected chi connectivity index (χ0v) is 20.4. The van der Waals surface area contributed by atoms with Crippen LogP contribution in [0.4, 0.5) is 10.5 Å². The third-order valence-corrected chi connectivity index (χ3v) is 9.01. The maximum absolute atomic E-state index is 13.2. The fraction of sp³-hybridized carbons (Fsp3) is 0.400. The van der Waals surface area contributed by atoms with E-state index in [9.17, 15) is 22.8 Å². The SMILES string of the molecule is C[C@@]1(c2ccc3c(c2)CCC3)NC(=O)N(CC(=O)Nc2ccc(S(=O)(=O)N3CCCC3)cc2)C1=O. The number of benzene rings is 2. The minimum Gasteiger partial charge on any atom is -0.325 e. The first-order valence-electron chi connectivity index (χ1n) is 11.8. The molecule has 9 nitrogen and oxygen atoms in total. The van der Waals surface area contributed by atoms with Crippen molar-refractivity contribution in [3.63, 3.8) is 0 Å². The van der Waals surface area contributed by atoms with Crippen LogP contribution in [0.1, 0.15) is 42.9 Å². The van der Waals surface area contributed by atoms with Crippen molar-refractivity contribution in [2.24, 2.45) is 0 Å². The molecule has 3 aliphatic rings. The van der Waals surface area contributed by atoms with Crippen molar-refractivity contribution in [1.29, 1.82) is 0 Å². The minimum atomic E-state index is -3.55. The van der Waals surface area contributed by atoms with Crippen molar-refractivity contribution >= 4 is 33.6 Å². The normalized spacial score (nSPS) is 22.4. The van der Waals surface area contributed by atoms with E-state index < -0.39 is 40.0 Å². The van der Waals surface area contributed by atoms with Crippen molar-refractivity contribution < 1.29 is 22.8 Å². The lowest BCUT2D eigenvalue weighted by Crippen LogP contribution is -2.42. The lowest BCUT2D eigenvalue weighted by molar-refractivity contribution is -0.133. The highest BCUT2D eigenvalue weighted by atomic mass is 32.2. The van der Waals surface area contributed by atoms with Crippen LogP contribution in [0, 0.1) is 0 Å². The van der Waals surface area contributed by atoms with Gasteiger partial charge < -0.3 is 10.6 Å². The number of carbonyl (C=O) groups is 3. The third-order valence-electron chi connectivity index (χ3n) is 7.09. The number of nitrogens with one attached hydrogen (secondary N) is 2. The van der Waals surface area contributed by atoms with Gasteiger partial charge in [0.05, 0.1) is 4.90 Å². The molecule has 0 aromatic heterocycles. The predicted molar refractivity (Wildman–Crippen MR) is 129 cm³/mol. The van der Waals surface area contributed by atoms with Gasteiger partial charge in [-0.15, -0.1) is 0 Å². The van der Waals surface area contributed by atoms with Gasteiger partial charge in [-0.2, -0.15) is 4.31 Å². The van der Waals surface area contributed by atoms with Gasteiger partial charge in [-0.3, -0.25) is 14.5 Å². The molecule has 2 aromatic carbocycles. The quantitative estimate of drug-likeness (QED) is 0.596. The number of anilines is 1. The number of nitrogens with zero attached hydrogens (tertiary/aromatic N) is 2. The van der Waals surface area contributed by atoms with E-state index in [1.54, 1.807) is 6.92 Å². The number of hydrogen-bond donors (Lipinski definition) is 2. The minimum absolute atomic E-state index is 0.164. The van der Waals surface area contributed by atoms with Crippen LogP contribution >= 0.6 is 0 Å². The van der Waals surface area contributed by atoms with Crippen LogP contribution in [0.5, 0.6) is 0 Å². The number of sulfonamides is 1. The molecule has 2 saturated heterocycles. The fourth-order valence-electron chi connectivity index (χ4n) is 5.05. The average Bonchev–Trinajstić information content (AvgIpc) is 3.57. The molecule has 2 aliphatic heterocycles. The summed E-state index contributed by atoms with van der Waals surface area (Å²) in [5.41, 5.74) is 2.31. The fourth-order valence-corrected chi connectivity index (χ4v) is 6.57. The Morgan fingerprint density at radius 2 is 1.69 bits per heavy atom. The summed E-state index contributed by atoms with van der Waals surface area (Å²) in [6, 6.07) is 11.1.